The molecule has 1 aromatic heterocycles. The number of nitro groups is 2. The highest BCUT2D eigenvalue weighted by Gasteiger charge is 2.24. The number of nitrogens with one attached hydrogen (secondary N) is 1. The van der Waals surface area contributed by atoms with E-state index in [2.05, 4.69) is 16.8 Å². The summed E-state index contributed by atoms with van der Waals surface area (Å²) >= 11 is 2.97. The lowest BCUT2D eigenvalue weighted by Crippen LogP contribution is -2.34. The predicted octanol–water partition coefficient (Wildman–Crippen LogP) is 5.66. The molecule has 0 atom stereocenters. The summed E-state index contributed by atoms with van der Waals surface area (Å²) in [6, 6.07) is 8.05. The third kappa shape index (κ3) is 4.04. The largest absolute Gasteiger partial charge is 0.349 e. The molecule has 8 nitrogen and oxygen atoms in total. The lowest BCUT2D eigenvalue weighted by atomic mass is 10.1. The molecule has 0 amide bonds. The van der Waals surface area contributed by atoms with Gasteiger partial charge in [0.1, 0.15) is 11.2 Å². The molecule has 0 saturated heterocycles. The fraction of sp³-hybridized carbons (Fsp3) is 0.190. The number of rotatable bonds is 6. The summed E-state index contributed by atoms with van der Waals surface area (Å²) in [7, 11) is 0. The molecular formula is C21H19N4O4S2+. The number of thioether (sulfide) groups is 1. The van der Waals surface area contributed by atoms with E-state index in [0.29, 0.717) is 6.42 Å². The molecule has 158 valence electrons. The van der Waals surface area contributed by atoms with Gasteiger partial charge in [0.05, 0.1) is 20.6 Å². The van der Waals surface area contributed by atoms with Gasteiger partial charge in [0, 0.05) is 40.8 Å². The van der Waals surface area contributed by atoms with Gasteiger partial charge in [-0.05, 0) is 25.5 Å². The van der Waals surface area contributed by atoms with Crippen LogP contribution in [0.3, 0.4) is 0 Å². The quantitative estimate of drug-likeness (QED) is 0.292. The zero-order chi connectivity index (χ0) is 22.1. The van der Waals surface area contributed by atoms with E-state index in [1.807, 2.05) is 25.2 Å². The second-order valence-electron chi connectivity index (χ2n) is 6.80. The molecule has 0 aliphatic carbocycles. The molecule has 0 bridgehead atoms. The van der Waals surface area contributed by atoms with Gasteiger partial charge < -0.3 is 5.32 Å². The zero-order valence-electron chi connectivity index (χ0n) is 16.8. The van der Waals surface area contributed by atoms with Crippen LogP contribution in [0.5, 0.6) is 0 Å². The van der Waals surface area contributed by atoms with E-state index in [1.54, 1.807) is 24.3 Å². The summed E-state index contributed by atoms with van der Waals surface area (Å²) in [5.41, 5.74) is 3.04. The van der Waals surface area contributed by atoms with Crippen molar-refractivity contribution in [3.63, 3.8) is 0 Å². The van der Waals surface area contributed by atoms with Crippen LogP contribution in [0.4, 0.5) is 17.1 Å². The van der Waals surface area contributed by atoms with Crippen LogP contribution in [0.15, 0.2) is 52.4 Å². The van der Waals surface area contributed by atoms with Gasteiger partial charge in [-0.15, -0.1) is 0 Å². The van der Waals surface area contributed by atoms with Gasteiger partial charge in [-0.1, -0.05) is 36.1 Å². The summed E-state index contributed by atoms with van der Waals surface area (Å²) in [6.07, 6.45) is 6.55. The highest BCUT2D eigenvalue weighted by Crippen LogP contribution is 2.42. The van der Waals surface area contributed by atoms with E-state index in [4.69, 9.17) is 0 Å². The first-order valence-corrected chi connectivity index (χ1v) is 11.3. The zero-order valence-corrected chi connectivity index (χ0v) is 18.5. The molecule has 2 heterocycles. The average molecular weight is 456 g/mol. The Morgan fingerprint density at radius 3 is 2.55 bits per heavy atom. The first-order chi connectivity index (χ1) is 14.9. The van der Waals surface area contributed by atoms with Crippen LogP contribution >= 0.6 is 23.1 Å². The molecule has 1 aliphatic heterocycles. The smallest absolute Gasteiger partial charge is 0.271 e. The van der Waals surface area contributed by atoms with Crippen molar-refractivity contribution in [3.05, 3.63) is 78.3 Å². The Morgan fingerprint density at radius 1 is 1.10 bits per heavy atom. The summed E-state index contributed by atoms with van der Waals surface area (Å²) in [5.74, 6) is 0. The number of fused-ring (bicyclic) bond motifs is 2. The van der Waals surface area contributed by atoms with Gasteiger partial charge in [0.25, 0.3) is 16.4 Å². The number of thiazole rings is 1. The molecule has 0 spiro atoms. The third-order valence-electron chi connectivity index (χ3n) is 4.94. The van der Waals surface area contributed by atoms with Crippen molar-refractivity contribution >= 4 is 56.5 Å². The SMILES string of the molecule is CCc1cc([N+](=O)[O-])cc2sc(C=CC=C3Nc4ccc([N+](=O)[O-])cc4S3)[n+](CC)c12. The van der Waals surface area contributed by atoms with Gasteiger partial charge in [0.15, 0.2) is 0 Å². The van der Waals surface area contributed by atoms with Crippen molar-refractivity contribution in [1.29, 1.82) is 0 Å². The number of nitrogens with zero attached hydrogens (tertiary/aromatic N) is 3. The monoisotopic (exact) mass is 455 g/mol. The van der Waals surface area contributed by atoms with Crippen LogP contribution in [0.2, 0.25) is 0 Å². The number of hydrogen-bond acceptors (Lipinski definition) is 7. The number of nitro benzene ring substituents is 2. The molecule has 31 heavy (non-hydrogen) atoms. The fourth-order valence-electron chi connectivity index (χ4n) is 3.51. The second-order valence-corrected chi connectivity index (χ2v) is 8.95. The number of aryl methyl sites for hydroxylation is 2. The van der Waals surface area contributed by atoms with Crippen LogP contribution in [0.1, 0.15) is 24.4 Å². The Hall–Kier alpha value is -3.24. The van der Waals surface area contributed by atoms with E-state index in [-0.39, 0.29) is 16.3 Å². The second kappa shape index (κ2) is 8.48. The number of hydrogen-bond donors (Lipinski definition) is 1. The van der Waals surface area contributed by atoms with Crippen LogP contribution in [0, 0.1) is 20.2 Å². The van der Waals surface area contributed by atoms with E-state index in [1.165, 1.54) is 29.2 Å². The molecule has 0 fully saturated rings. The topological polar surface area (TPSA) is 102 Å². The molecule has 0 radical (unpaired) electrons. The Kier molecular flexibility index (Phi) is 5.75. The van der Waals surface area contributed by atoms with Gasteiger partial charge in [-0.2, -0.15) is 4.57 Å². The highest BCUT2D eigenvalue weighted by atomic mass is 32.2. The minimum absolute atomic E-state index is 0.0694. The predicted molar refractivity (Wildman–Crippen MR) is 123 cm³/mol. The average Bonchev–Trinajstić information content (AvgIpc) is 3.32. The standard InChI is InChI=1S/C21H18N4O4S2/c1-3-13-10-15(25(28)29)12-18-21(13)23(4-2)20(31-18)7-5-6-19-22-16-9-8-14(24(26)27)11-17(16)30-19/h5-12H,3-4H2,1-2H3/p+1. The summed E-state index contributed by atoms with van der Waals surface area (Å²) < 4.78 is 3.07. The number of benzene rings is 2. The van der Waals surface area contributed by atoms with Crippen LogP contribution in [0.25, 0.3) is 16.3 Å². The number of allylic oxidation sites excluding steroid dienone is 2. The molecular weight excluding hydrogens is 436 g/mol. The molecule has 0 unspecified atom stereocenters. The van der Waals surface area contributed by atoms with Crippen molar-refractivity contribution in [1.82, 2.24) is 0 Å². The third-order valence-corrected chi connectivity index (χ3v) is 7.05. The summed E-state index contributed by atoms with van der Waals surface area (Å²) in [5, 5.41) is 27.4. The minimum atomic E-state index is -0.400. The number of non-ortho nitro benzene ring substituents is 2. The Morgan fingerprint density at radius 2 is 1.87 bits per heavy atom. The Bertz CT molecular complexity index is 1280. The first kappa shape index (κ1) is 21.0. The maximum absolute atomic E-state index is 11.3. The fourth-order valence-corrected chi connectivity index (χ4v) is 5.68. The molecule has 0 saturated carbocycles. The molecule has 10 heteroatoms. The number of anilines is 1. The lowest BCUT2D eigenvalue weighted by Gasteiger charge is -1.99. The van der Waals surface area contributed by atoms with E-state index < -0.39 is 4.92 Å². The maximum Gasteiger partial charge on any atom is 0.271 e. The van der Waals surface area contributed by atoms with E-state index >= 15 is 0 Å². The van der Waals surface area contributed by atoms with E-state index in [9.17, 15) is 20.2 Å². The van der Waals surface area contributed by atoms with Gasteiger partial charge in [-0.3, -0.25) is 20.2 Å². The summed E-state index contributed by atoms with van der Waals surface area (Å²) in [4.78, 5) is 22.3. The Labute approximate surface area is 186 Å². The minimum Gasteiger partial charge on any atom is -0.349 e. The molecule has 1 N–H and O–H groups in total. The van der Waals surface area contributed by atoms with Crippen molar-refractivity contribution < 1.29 is 14.4 Å². The van der Waals surface area contributed by atoms with Gasteiger partial charge in [-0.25, -0.2) is 0 Å². The first-order valence-electron chi connectivity index (χ1n) is 9.66. The number of aromatic nitrogens is 1. The summed E-state index contributed by atoms with van der Waals surface area (Å²) in [6.45, 7) is 4.81. The normalized spacial score (nSPS) is 14.3. The highest BCUT2D eigenvalue weighted by molar-refractivity contribution is 8.03. The van der Waals surface area contributed by atoms with Crippen molar-refractivity contribution in [3.8, 4) is 0 Å². The van der Waals surface area contributed by atoms with Gasteiger partial charge in [0.2, 0.25) is 5.52 Å². The molecule has 2 aromatic carbocycles. The molecule has 4 rings (SSSR count). The van der Waals surface area contributed by atoms with Crippen LogP contribution in [-0.2, 0) is 13.0 Å². The van der Waals surface area contributed by atoms with Gasteiger partial charge >= 0.3 is 0 Å². The van der Waals surface area contributed by atoms with Crippen molar-refractivity contribution in [2.24, 2.45) is 0 Å². The van der Waals surface area contributed by atoms with Crippen molar-refractivity contribution in [2.75, 3.05) is 5.32 Å². The van der Waals surface area contributed by atoms with Crippen LogP contribution in [-0.4, -0.2) is 9.85 Å². The maximum atomic E-state index is 11.3. The van der Waals surface area contributed by atoms with Crippen molar-refractivity contribution in [2.45, 2.75) is 31.7 Å². The van der Waals surface area contributed by atoms with E-state index in [0.717, 1.165) is 42.9 Å². The molecule has 3 aromatic rings. The molecule has 1 aliphatic rings. The van der Waals surface area contributed by atoms with Crippen LogP contribution < -0.4 is 9.88 Å². The Balaban J connectivity index is 1.64. The lowest BCUT2D eigenvalue weighted by molar-refractivity contribution is -0.665.